The third kappa shape index (κ3) is 5.12. The molecule has 0 bridgehead atoms. The molecule has 2 aromatic rings. The smallest absolute Gasteiger partial charge is 0.238 e. The molecule has 118 valence electrons. The zero-order chi connectivity index (χ0) is 15.9. The highest BCUT2D eigenvalue weighted by Gasteiger charge is 2.12. The van der Waals surface area contributed by atoms with E-state index in [0.717, 1.165) is 27.5 Å². The number of carbonyl (C=O) groups is 1. The minimum Gasteiger partial charge on any atom is -0.324 e. The average molecular weight is 399 g/mol. The summed E-state index contributed by atoms with van der Waals surface area (Å²) in [5.74, 6) is 0.0268. The predicted molar refractivity (Wildman–Crippen MR) is 99.8 cm³/mol. The van der Waals surface area contributed by atoms with Gasteiger partial charge in [-0.2, -0.15) is 0 Å². The molecule has 0 aliphatic heterocycles. The summed E-state index contributed by atoms with van der Waals surface area (Å²) in [4.78, 5) is 16.8. The monoisotopic (exact) mass is 398 g/mol. The van der Waals surface area contributed by atoms with Gasteiger partial charge < -0.3 is 5.32 Å². The second-order valence-corrected chi connectivity index (χ2v) is 8.15. The van der Waals surface area contributed by atoms with Gasteiger partial charge in [0.1, 0.15) is 0 Å². The molecule has 0 saturated heterocycles. The largest absolute Gasteiger partial charge is 0.324 e. The maximum Gasteiger partial charge on any atom is 0.238 e. The van der Waals surface area contributed by atoms with Gasteiger partial charge in [0.2, 0.25) is 5.91 Å². The van der Waals surface area contributed by atoms with Gasteiger partial charge in [-0.3, -0.25) is 9.69 Å². The van der Waals surface area contributed by atoms with E-state index in [1.807, 2.05) is 36.6 Å². The molecular weight excluding hydrogens is 380 g/mol. The molecule has 0 spiro atoms. The summed E-state index contributed by atoms with van der Waals surface area (Å²) in [6.07, 6.45) is 2.01. The van der Waals surface area contributed by atoms with Crippen molar-refractivity contribution in [1.29, 1.82) is 0 Å². The molecule has 1 heterocycles. The van der Waals surface area contributed by atoms with Gasteiger partial charge in [0, 0.05) is 16.3 Å². The van der Waals surface area contributed by atoms with Crippen LogP contribution >= 0.6 is 39.0 Å². The zero-order valence-corrected chi connectivity index (χ0v) is 15.9. The quantitative estimate of drug-likeness (QED) is 0.686. The van der Waals surface area contributed by atoms with Crippen LogP contribution in [0.4, 0.5) is 5.69 Å². The Labute approximate surface area is 148 Å². The average Bonchev–Trinajstić information content (AvgIpc) is 2.92. The van der Waals surface area contributed by atoms with Crippen molar-refractivity contribution in [2.24, 2.45) is 0 Å². The number of thiophene rings is 1. The summed E-state index contributed by atoms with van der Waals surface area (Å²) in [5, 5.41) is 3.01. The van der Waals surface area contributed by atoms with E-state index in [1.54, 1.807) is 23.1 Å². The lowest BCUT2D eigenvalue weighted by molar-refractivity contribution is -0.117. The second kappa shape index (κ2) is 8.72. The van der Waals surface area contributed by atoms with E-state index in [1.165, 1.54) is 4.88 Å². The van der Waals surface area contributed by atoms with Crippen molar-refractivity contribution in [3.63, 3.8) is 0 Å². The third-order valence-electron chi connectivity index (χ3n) is 3.20. The minimum atomic E-state index is 0.0268. The summed E-state index contributed by atoms with van der Waals surface area (Å²) in [6.45, 7) is 4.11. The molecule has 0 aliphatic carbocycles. The summed E-state index contributed by atoms with van der Waals surface area (Å²) in [5.41, 5.74) is 0.884. The highest BCUT2D eigenvalue weighted by Crippen LogP contribution is 2.25. The minimum absolute atomic E-state index is 0.0268. The normalized spacial score (nSPS) is 10.9. The first-order chi connectivity index (χ1) is 10.6. The molecular formula is C16H19BrN2OS2. The lowest BCUT2D eigenvalue weighted by Gasteiger charge is -2.19. The van der Waals surface area contributed by atoms with Crippen molar-refractivity contribution in [1.82, 2.24) is 4.90 Å². The number of hydrogen-bond acceptors (Lipinski definition) is 4. The fraction of sp³-hybridized carbons (Fsp3) is 0.312. The molecule has 0 saturated carbocycles. The maximum atomic E-state index is 12.3. The van der Waals surface area contributed by atoms with Crippen LogP contribution in [0.25, 0.3) is 0 Å². The van der Waals surface area contributed by atoms with Gasteiger partial charge in [-0.15, -0.1) is 23.1 Å². The van der Waals surface area contributed by atoms with Crippen molar-refractivity contribution in [2.45, 2.75) is 18.4 Å². The van der Waals surface area contributed by atoms with Crippen molar-refractivity contribution >= 4 is 50.6 Å². The van der Waals surface area contributed by atoms with Crippen LogP contribution in [0.3, 0.4) is 0 Å². The molecule has 0 aliphatic rings. The van der Waals surface area contributed by atoms with Gasteiger partial charge in [-0.1, -0.05) is 19.1 Å². The summed E-state index contributed by atoms with van der Waals surface area (Å²) < 4.78 is 1.12. The zero-order valence-electron chi connectivity index (χ0n) is 12.6. The number of amides is 1. The molecule has 3 nitrogen and oxygen atoms in total. The number of halogens is 1. The Hall–Kier alpha value is -0.820. The van der Waals surface area contributed by atoms with Crippen LogP contribution < -0.4 is 5.32 Å². The Morgan fingerprint density at radius 3 is 2.73 bits per heavy atom. The van der Waals surface area contributed by atoms with Crippen LogP contribution in [0.5, 0.6) is 0 Å². The first-order valence-corrected chi connectivity index (χ1v) is 9.85. The molecule has 1 aromatic heterocycles. The Kier molecular flexibility index (Phi) is 6.95. The van der Waals surface area contributed by atoms with E-state index in [0.29, 0.717) is 6.54 Å². The SMILES string of the molecule is CCN(CC(=O)Nc1ccccc1SC)Cc1ccc(Br)s1. The molecule has 1 N–H and O–H groups in total. The first-order valence-electron chi connectivity index (χ1n) is 7.01. The lowest BCUT2D eigenvalue weighted by atomic mass is 10.3. The molecule has 1 amide bonds. The van der Waals surface area contributed by atoms with Crippen molar-refractivity contribution in [3.05, 3.63) is 45.1 Å². The highest BCUT2D eigenvalue weighted by atomic mass is 79.9. The van der Waals surface area contributed by atoms with E-state index < -0.39 is 0 Å². The summed E-state index contributed by atoms with van der Waals surface area (Å²) in [7, 11) is 0. The van der Waals surface area contributed by atoms with Gasteiger partial charge in [0.25, 0.3) is 0 Å². The molecule has 1 aromatic carbocycles. The number of rotatable bonds is 7. The van der Waals surface area contributed by atoms with Crippen LogP contribution in [0.15, 0.2) is 45.1 Å². The van der Waals surface area contributed by atoms with Crippen molar-refractivity contribution in [2.75, 3.05) is 24.7 Å². The van der Waals surface area contributed by atoms with Crippen LogP contribution in [0, 0.1) is 0 Å². The van der Waals surface area contributed by atoms with Gasteiger partial charge in [0.15, 0.2) is 0 Å². The van der Waals surface area contributed by atoms with Crippen LogP contribution in [-0.2, 0) is 11.3 Å². The lowest BCUT2D eigenvalue weighted by Crippen LogP contribution is -2.32. The van der Waals surface area contributed by atoms with E-state index >= 15 is 0 Å². The van der Waals surface area contributed by atoms with Gasteiger partial charge in [-0.25, -0.2) is 0 Å². The van der Waals surface area contributed by atoms with Gasteiger partial charge in [0.05, 0.1) is 16.0 Å². The van der Waals surface area contributed by atoms with E-state index in [2.05, 4.69) is 39.1 Å². The number of benzene rings is 1. The summed E-state index contributed by atoms with van der Waals surface area (Å²) in [6, 6.07) is 12.0. The number of carbonyl (C=O) groups excluding carboxylic acids is 1. The fourth-order valence-corrected chi connectivity index (χ4v) is 4.16. The predicted octanol–water partition coefficient (Wildman–Crippen LogP) is 4.69. The number of nitrogens with zero attached hydrogens (tertiary/aromatic N) is 1. The van der Waals surface area contributed by atoms with Crippen molar-refractivity contribution < 1.29 is 4.79 Å². The second-order valence-electron chi connectivity index (χ2n) is 4.76. The molecule has 6 heteroatoms. The molecule has 0 atom stereocenters. The van der Waals surface area contributed by atoms with E-state index in [4.69, 9.17) is 0 Å². The fourth-order valence-electron chi connectivity index (χ4n) is 2.08. The van der Waals surface area contributed by atoms with Crippen LogP contribution in [0.1, 0.15) is 11.8 Å². The van der Waals surface area contributed by atoms with Crippen LogP contribution in [-0.4, -0.2) is 30.2 Å². The Bertz CT molecular complexity index is 630. The van der Waals surface area contributed by atoms with E-state index in [9.17, 15) is 4.79 Å². The topological polar surface area (TPSA) is 32.3 Å². The molecule has 0 unspecified atom stereocenters. The molecule has 0 fully saturated rings. The van der Waals surface area contributed by atoms with E-state index in [-0.39, 0.29) is 5.91 Å². The summed E-state index contributed by atoms with van der Waals surface area (Å²) >= 11 is 6.82. The number of hydrogen-bond donors (Lipinski definition) is 1. The number of nitrogens with one attached hydrogen (secondary N) is 1. The Morgan fingerprint density at radius 1 is 1.32 bits per heavy atom. The Morgan fingerprint density at radius 2 is 2.09 bits per heavy atom. The standard InChI is InChI=1S/C16H19BrN2OS2/c1-3-19(10-12-8-9-15(17)22-12)11-16(20)18-13-6-4-5-7-14(13)21-2/h4-9H,3,10-11H2,1-2H3,(H,18,20). The molecule has 22 heavy (non-hydrogen) atoms. The number of likely N-dealkylation sites (N-methyl/N-ethyl adjacent to an activating group) is 1. The van der Waals surface area contributed by atoms with Crippen molar-refractivity contribution in [3.8, 4) is 0 Å². The number of anilines is 1. The highest BCUT2D eigenvalue weighted by molar-refractivity contribution is 9.11. The maximum absolute atomic E-state index is 12.3. The Balaban J connectivity index is 1.94. The van der Waals surface area contributed by atoms with Gasteiger partial charge >= 0.3 is 0 Å². The number of para-hydroxylation sites is 1. The molecule has 0 radical (unpaired) electrons. The van der Waals surface area contributed by atoms with Crippen LogP contribution in [0.2, 0.25) is 0 Å². The first kappa shape index (κ1) is 17.5. The van der Waals surface area contributed by atoms with Gasteiger partial charge in [-0.05, 0) is 53.0 Å². The number of thioether (sulfide) groups is 1. The third-order valence-corrected chi connectivity index (χ3v) is 5.61. The molecule has 2 rings (SSSR count).